The number of benzene rings is 1. The van der Waals surface area contributed by atoms with Crippen LogP contribution in [0.4, 0.5) is 0 Å². The second-order valence-electron chi connectivity index (χ2n) is 25.0. The van der Waals surface area contributed by atoms with Crippen molar-refractivity contribution in [2.24, 2.45) is 46.8 Å². The lowest BCUT2D eigenvalue weighted by Crippen LogP contribution is -2.86. The van der Waals surface area contributed by atoms with E-state index in [1.807, 2.05) is 13.1 Å². The van der Waals surface area contributed by atoms with Gasteiger partial charge in [0.15, 0.2) is 16.9 Å². The number of hydrogen-bond donors (Lipinski definition) is 10. The van der Waals surface area contributed by atoms with Gasteiger partial charge in [-0.05, 0) is 163 Å². The Morgan fingerprint density at radius 3 is 2.60 bits per heavy atom. The first kappa shape index (κ1) is 60.4. The van der Waals surface area contributed by atoms with Crippen LogP contribution in [-0.4, -0.2) is 157 Å². The van der Waals surface area contributed by atoms with Gasteiger partial charge in [-0.25, -0.2) is 0 Å². The lowest BCUT2D eigenvalue weighted by molar-refractivity contribution is -0.424. The Labute approximate surface area is 470 Å². The highest BCUT2D eigenvalue weighted by Gasteiger charge is 2.78. The van der Waals surface area contributed by atoms with Gasteiger partial charge in [-0.1, -0.05) is 79.7 Å². The number of carbonyl (C=O) groups is 1. The minimum Gasteiger partial charge on any atom is -0.485 e. The van der Waals surface area contributed by atoms with Crippen LogP contribution in [-0.2, 0) is 20.7 Å². The molecular formula is C60H94N2O14S2. The van der Waals surface area contributed by atoms with Crippen LogP contribution in [0.15, 0.2) is 35.0 Å². The van der Waals surface area contributed by atoms with Crippen LogP contribution in [0.5, 0.6) is 11.5 Å². The standard InChI is InChI=1S/C60H94N2O14S2/c1-5-7-8-11-38(34-63)29-43(65)16-18-46-56(23-21-39(31-56)33-61-4)24-25-57(46)47-19-13-37(3)10-9-12-48(67)59(36-77-78-57)58(70)32-42-14-17-45(66)44(35-64)50(42)60(71,54(58)69)55(76-59)75-52-40(15-20-49(68)72-6-2)30-41-22-27-73-51(41)53(52)74-28-26-62-47/h14,17,22,27,30,37-39,42-48,50,54-55,61-67,69-71H,5-13,15-16,18-21,23-26,28-29,31-36H2,1-4H3. The molecule has 0 amide bonds. The van der Waals surface area contributed by atoms with E-state index in [1.54, 1.807) is 42.2 Å². The van der Waals surface area contributed by atoms with Crippen molar-refractivity contribution >= 4 is 38.5 Å². The molecule has 9 rings (SSSR count). The molecule has 4 heterocycles. The highest BCUT2D eigenvalue weighted by Crippen LogP contribution is 2.69. The van der Waals surface area contributed by atoms with E-state index in [0.717, 1.165) is 90.0 Å². The summed E-state index contributed by atoms with van der Waals surface area (Å²) in [5.41, 5.74) is -5.95. The average Bonchev–Trinajstić information content (AvgIpc) is 4.22. The lowest BCUT2D eigenvalue weighted by Gasteiger charge is -2.67. The highest BCUT2D eigenvalue weighted by atomic mass is 33.1. The van der Waals surface area contributed by atoms with E-state index in [-0.39, 0.29) is 92.0 Å². The molecule has 440 valence electrons. The maximum absolute atomic E-state index is 13.8. The Bertz CT molecular complexity index is 2330. The normalized spacial score (nSPS) is 39.8. The Kier molecular flexibility index (Phi) is 20.0. The van der Waals surface area contributed by atoms with Gasteiger partial charge < -0.3 is 74.9 Å². The second-order valence-corrected chi connectivity index (χ2v) is 27.7. The fourth-order valence-electron chi connectivity index (χ4n) is 16.3. The second kappa shape index (κ2) is 25.8. The molecule has 18 unspecified atom stereocenters. The monoisotopic (exact) mass is 1130 g/mol. The summed E-state index contributed by atoms with van der Waals surface area (Å²) in [6.07, 6.45) is 12.3. The molecule has 16 nitrogen and oxygen atoms in total. The number of hydrogen-bond acceptors (Lipinski definition) is 18. The molecule has 18 atom stereocenters. The number of aliphatic hydroxyl groups is 8. The summed E-state index contributed by atoms with van der Waals surface area (Å²) in [7, 11) is 5.36. The number of fused-ring (bicyclic) bond motifs is 11. The third-order valence-electron chi connectivity index (χ3n) is 20.3. The summed E-state index contributed by atoms with van der Waals surface area (Å²) in [6.45, 7) is 7.38. The van der Waals surface area contributed by atoms with Crippen molar-refractivity contribution in [1.29, 1.82) is 0 Å². The Morgan fingerprint density at radius 1 is 1.00 bits per heavy atom. The van der Waals surface area contributed by atoms with Crippen LogP contribution in [0.2, 0.25) is 0 Å². The first-order valence-corrected chi connectivity index (χ1v) is 32.3. The number of furan rings is 1. The first-order valence-electron chi connectivity index (χ1n) is 30.0. The minimum absolute atomic E-state index is 0.0170. The van der Waals surface area contributed by atoms with Gasteiger partial charge in [0.1, 0.15) is 23.9 Å². The van der Waals surface area contributed by atoms with E-state index in [0.29, 0.717) is 48.3 Å². The van der Waals surface area contributed by atoms with Crippen LogP contribution in [0.25, 0.3) is 11.0 Å². The fourth-order valence-corrected chi connectivity index (χ4v) is 20.6. The molecule has 1 aromatic carbocycles. The smallest absolute Gasteiger partial charge is 0.306 e. The summed E-state index contributed by atoms with van der Waals surface area (Å²) in [5.74, 6) is -2.06. The van der Waals surface area contributed by atoms with E-state index in [2.05, 4.69) is 24.5 Å². The van der Waals surface area contributed by atoms with Gasteiger partial charge >= 0.3 is 5.97 Å². The number of unbranched alkanes of at least 4 members (excludes halogenated alkanes) is 2. The van der Waals surface area contributed by atoms with Gasteiger partial charge in [-0.2, -0.15) is 0 Å². The average molecular weight is 1130 g/mol. The van der Waals surface area contributed by atoms with Crippen molar-refractivity contribution in [3.05, 3.63) is 36.1 Å². The van der Waals surface area contributed by atoms with E-state index in [1.165, 1.54) is 10.8 Å². The number of esters is 1. The predicted molar refractivity (Wildman–Crippen MR) is 302 cm³/mol. The zero-order valence-electron chi connectivity index (χ0n) is 46.8. The van der Waals surface area contributed by atoms with Gasteiger partial charge in [0.25, 0.3) is 0 Å². The zero-order valence-corrected chi connectivity index (χ0v) is 48.5. The highest BCUT2D eigenvalue weighted by molar-refractivity contribution is 8.77. The van der Waals surface area contributed by atoms with E-state index in [4.69, 9.17) is 23.4 Å². The third kappa shape index (κ3) is 11.5. The number of nitrogens with one attached hydrogen (secondary N) is 2. The molecule has 2 saturated heterocycles. The Hall–Kier alpha value is -2.17. The van der Waals surface area contributed by atoms with Crippen molar-refractivity contribution in [1.82, 2.24) is 10.6 Å². The molecule has 1 aromatic heterocycles. The third-order valence-corrected chi connectivity index (χ3v) is 23.7. The van der Waals surface area contributed by atoms with Gasteiger partial charge in [0.2, 0.25) is 12.0 Å². The number of allylic oxidation sites excluding steroid dienone is 1. The molecule has 78 heavy (non-hydrogen) atoms. The molecule has 0 radical (unpaired) electrons. The maximum atomic E-state index is 13.8. The van der Waals surface area contributed by atoms with Crippen LogP contribution in [0.3, 0.4) is 0 Å². The molecular weight excluding hydrogens is 1040 g/mol. The molecule has 4 aliphatic carbocycles. The van der Waals surface area contributed by atoms with Crippen LogP contribution in [0, 0.1) is 46.8 Å². The molecule has 5 fully saturated rings. The Balaban J connectivity index is 1.21. The van der Waals surface area contributed by atoms with Crippen molar-refractivity contribution in [2.75, 3.05) is 52.3 Å². The Morgan fingerprint density at radius 2 is 1.83 bits per heavy atom. The topological polar surface area (TPSA) is 253 Å². The quantitative estimate of drug-likeness (QED) is 0.0332. The predicted octanol–water partition coefficient (Wildman–Crippen LogP) is 6.97. The molecule has 3 saturated carbocycles. The van der Waals surface area contributed by atoms with E-state index < -0.39 is 82.6 Å². The van der Waals surface area contributed by atoms with Gasteiger partial charge in [-0.3, -0.25) is 4.79 Å². The maximum Gasteiger partial charge on any atom is 0.306 e. The largest absolute Gasteiger partial charge is 0.485 e. The summed E-state index contributed by atoms with van der Waals surface area (Å²) < 4.78 is 32.5. The van der Waals surface area contributed by atoms with Crippen LogP contribution < -0.4 is 20.1 Å². The molecule has 7 aliphatic rings. The SMILES string of the molecule is CCCCCC(CO)CC(O)CCC1C2(CCC(CNC)C2)CCC12SSCC13OC(Oc4c(CCC(=O)OCC)cc5ccoc5c4OCCNC2CCC(C)CCCC1O)C1(O)C2C(C=CC(O)C2CO)CC3(O)C1O. The van der Waals surface area contributed by atoms with Gasteiger partial charge in [0, 0.05) is 59.9 Å². The zero-order chi connectivity index (χ0) is 55.5. The van der Waals surface area contributed by atoms with Crippen LogP contribution >= 0.6 is 21.6 Å². The summed E-state index contributed by atoms with van der Waals surface area (Å²) in [4.78, 5) is 13.1. The van der Waals surface area contributed by atoms with Crippen LogP contribution in [0.1, 0.15) is 148 Å². The summed E-state index contributed by atoms with van der Waals surface area (Å²) in [5, 5.41) is 107. The molecule has 3 spiro atoms. The number of aliphatic hydroxyl groups excluding tert-OH is 6. The number of rotatable bonds is 17. The molecule has 2 aromatic rings. The van der Waals surface area contributed by atoms with Crippen molar-refractivity contribution < 1.29 is 69.0 Å². The molecule has 10 N–H and O–H groups in total. The molecule has 3 aliphatic heterocycles. The molecule has 18 heteroatoms. The lowest BCUT2D eigenvalue weighted by atomic mass is 9.50. The van der Waals surface area contributed by atoms with Gasteiger partial charge in [0.05, 0.1) is 31.2 Å². The summed E-state index contributed by atoms with van der Waals surface area (Å²) in [6, 6.07) is 3.58. The molecule has 5 bridgehead atoms. The minimum atomic E-state index is -2.51. The van der Waals surface area contributed by atoms with Crippen molar-refractivity contribution in [3.8, 4) is 11.5 Å². The van der Waals surface area contributed by atoms with Gasteiger partial charge in [-0.15, -0.1) is 0 Å². The van der Waals surface area contributed by atoms with E-state index in [9.17, 15) is 45.6 Å². The summed E-state index contributed by atoms with van der Waals surface area (Å²) >= 11 is 0. The van der Waals surface area contributed by atoms with E-state index >= 15 is 0 Å². The number of carbonyl (C=O) groups excluding carboxylic acids is 1. The van der Waals surface area contributed by atoms with Crippen molar-refractivity contribution in [3.63, 3.8) is 0 Å². The first-order chi connectivity index (χ1) is 37.6. The van der Waals surface area contributed by atoms with Crippen molar-refractivity contribution in [2.45, 2.75) is 207 Å². The fraction of sp³-hybridized carbons (Fsp3) is 0.817. The number of ether oxygens (including phenoxy) is 4. The number of aryl methyl sites for hydroxylation is 1.